The van der Waals surface area contributed by atoms with E-state index in [1.807, 2.05) is 54.6 Å². The largest absolute Gasteiger partial charge is 0.457 e. The van der Waals surface area contributed by atoms with Crippen molar-refractivity contribution >= 4 is 5.78 Å². The highest BCUT2D eigenvalue weighted by molar-refractivity contribution is 5.81. The molecular weight excluding hydrogens is 250 g/mol. The zero-order chi connectivity index (χ0) is 14.4. The molecule has 0 heterocycles. The molecule has 1 atom stereocenters. The van der Waals surface area contributed by atoms with E-state index in [9.17, 15) is 4.79 Å². The van der Waals surface area contributed by atoms with Crippen molar-refractivity contribution in [1.29, 1.82) is 0 Å². The summed E-state index contributed by atoms with van der Waals surface area (Å²) in [7, 11) is 1.80. The van der Waals surface area contributed by atoms with Crippen LogP contribution in [0.25, 0.3) is 0 Å². The van der Waals surface area contributed by atoms with Crippen LogP contribution in [0.5, 0.6) is 11.5 Å². The average molecular weight is 269 g/mol. The standard InChI is InChI=1S/C17H19NO2/c1-13(19)17(18-2)12-14-7-6-10-16(11-14)20-15-8-4-3-5-9-15/h3-11,17-18H,12H2,1-2H3. The van der Waals surface area contributed by atoms with E-state index in [1.165, 1.54) is 0 Å². The summed E-state index contributed by atoms with van der Waals surface area (Å²) in [6, 6.07) is 17.3. The van der Waals surface area contributed by atoms with Gasteiger partial charge in [0.15, 0.2) is 0 Å². The number of ketones is 1. The van der Waals surface area contributed by atoms with E-state index in [-0.39, 0.29) is 11.8 Å². The molecule has 2 aromatic rings. The Balaban J connectivity index is 2.10. The number of para-hydroxylation sites is 1. The summed E-state index contributed by atoms with van der Waals surface area (Å²) < 4.78 is 5.79. The van der Waals surface area contributed by atoms with Crippen LogP contribution in [0.4, 0.5) is 0 Å². The van der Waals surface area contributed by atoms with Crippen molar-refractivity contribution in [2.75, 3.05) is 7.05 Å². The number of carbonyl (C=O) groups excluding carboxylic acids is 1. The molecule has 2 aromatic carbocycles. The Morgan fingerprint density at radius 3 is 2.45 bits per heavy atom. The van der Waals surface area contributed by atoms with E-state index in [4.69, 9.17) is 4.74 Å². The van der Waals surface area contributed by atoms with Crippen LogP contribution in [0.15, 0.2) is 54.6 Å². The first kappa shape index (κ1) is 14.3. The first-order valence-corrected chi connectivity index (χ1v) is 6.68. The van der Waals surface area contributed by atoms with Crippen molar-refractivity contribution < 1.29 is 9.53 Å². The predicted molar refractivity (Wildman–Crippen MR) is 80.2 cm³/mol. The molecule has 20 heavy (non-hydrogen) atoms. The molecule has 2 rings (SSSR count). The monoisotopic (exact) mass is 269 g/mol. The number of hydrogen-bond acceptors (Lipinski definition) is 3. The lowest BCUT2D eigenvalue weighted by Crippen LogP contribution is -2.34. The number of rotatable bonds is 6. The van der Waals surface area contributed by atoms with Crippen molar-refractivity contribution in [1.82, 2.24) is 5.32 Å². The van der Waals surface area contributed by atoms with Crippen molar-refractivity contribution in [3.63, 3.8) is 0 Å². The topological polar surface area (TPSA) is 38.3 Å². The van der Waals surface area contributed by atoms with E-state index < -0.39 is 0 Å². The number of hydrogen-bond donors (Lipinski definition) is 1. The van der Waals surface area contributed by atoms with Crippen LogP contribution >= 0.6 is 0 Å². The molecule has 0 aliphatic carbocycles. The third-order valence-electron chi connectivity index (χ3n) is 3.16. The quantitative estimate of drug-likeness (QED) is 0.875. The minimum absolute atomic E-state index is 0.141. The molecule has 1 unspecified atom stereocenters. The van der Waals surface area contributed by atoms with Gasteiger partial charge in [-0.15, -0.1) is 0 Å². The Bertz CT molecular complexity index is 566. The van der Waals surface area contributed by atoms with Crippen molar-refractivity contribution in [2.24, 2.45) is 0 Å². The fourth-order valence-electron chi connectivity index (χ4n) is 2.05. The molecule has 0 aliphatic rings. The second-order valence-corrected chi connectivity index (χ2v) is 4.72. The highest BCUT2D eigenvalue weighted by Crippen LogP contribution is 2.22. The van der Waals surface area contributed by atoms with Gasteiger partial charge in [-0.25, -0.2) is 0 Å². The molecule has 0 aromatic heterocycles. The normalized spacial score (nSPS) is 11.9. The molecule has 0 saturated carbocycles. The number of Topliss-reactive ketones (excluding diaryl/α,β-unsaturated/α-hetero) is 1. The van der Waals surface area contributed by atoms with E-state index in [0.717, 1.165) is 17.1 Å². The van der Waals surface area contributed by atoms with Gasteiger partial charge in [0.1, 0.15) is 17.3 Å². The van der Waals surface area contributed by atoms with Gasteiger partial charge in [-0.3, -0.25) is 4.79 Å². The molecule has 0 aliphatic heterocycles. The predicted octanol–water partition coefficient (Wildman–Crippen LogP) is 3.20. The Kier molecular flexibility index (Phi) is 4.91. The molecule has 0 fully saturated rings. The maximum atomic E-state index is 11.5. The molecule has 0 bridgehead atoms. The summed E-state index contributed by atoms with van der Waals surface area (Å²) in [6.45, 7) is 1.60. The highest BCUT2D eigenvalue weighted by Gasteiger charge is 2.12. The lowest BCUT2D eigenvalue weighted by Gasteiger charge is -2.13. The van der Waals surface area contributed by atoms with Crippen LogP contribution < -0.4 is 10.1 Å². The first-order chi connectivity index (χ1) is 9.69. The second-order valence-electron chi connectivity index (χ2n) is 4.72. The number of nitrogens with one attached hydrogen (secondary N) is 1. The van der Waals surface area contributed by atoms with Gasteiger partial charge >= 0.3 is 0 Å². The molecule has 0 amide bonds. The van der Waals surface area contributed by atoms with E-state index in [2.05, 4.69) is 5.32 Å². The fraction of sp³-hybridized carbons (Fsp3) is 0.235. The maximum Gasteiger partial charge on any atom is 0.147 e. The highest BCUT2D eigenvalue weighted by atomic mass is 16.5. The lowest BCUT2D eigenvalue weighted by molar-refractivity contribution is -0.118. The first-order valence-electron chi connectivity index (χ1n) is 6.68. The smallest absolute Gasteiger partial charge is 0.147 e. The summed E-state index contributed by atoms with van der Waals surface area (Å²) in [5.41, 5.74) is 1.08. The Morgan fingerprint density at radius 1 is 1.10 bits per heavy atom. The summed E-state index contributed by atoms with van der Waals surface area (Å²) in [5, 5.41) is 3.03. The minimum atomic E-state index is -0.151. The molecular formula is C17H19NO2. The van der Waals surface area contributed by atoms with E-state index >= 15 is 0 Å². The zero-order valence-electron chi connectivity index (χ0n) is 11.8. The number of ether oxygens (including phenoxy) is 1. The van der Waals surface area contributed by atoms with Gasteiger partial charge in [0.2, 0.25) is 0 Å². The Hall–Kier alpha value is -2.13. The maximum absolute atomic E-state index is 11.5. The SMILES string of the molecule is CNC(Cc1cccc(Oc2ccccc2)c1)C(C)=O. The fourth-order valence-corrected chi connectivity index (χ4v) is 2.05. The molecule has 3 heteroatoms. The van der Waals surface area contributed by atoms with Gasteiger partial charge in [-0.05, 0) is 50.2 Å². The Labute approximate surface area is 119 Å². The van der Waals surface area contributed by atoms with Crippen molar-refractivity contribution in [2.45, 2.75) is 19.4 Å². The van der Waals surface area contributed by atoms with E-state index in [0.29, 0.717) is 6.42 Å². The molecule has 0 saturated heterocycles. The van der Waals surface area contributed by atoms with Crippen LogP contribution in [0.1, 0.15) is 12.5 Å². The van der Waals surface area contributed by atoms with Crippen molar-refractivity contribution in [3.05, 3.63) is 60.2 Å². The molecule has 3 nitrogen and oxygen atoms in total. The van der Waals surface area contributed by atoms with Crippen LogP contribution in [-0.2, 0) is 11.2 Å². The molecule has 0 spiro atoms. The summed E-state index contributed by atoms with van der Waals surface area (Å²) in [4.78, 5) is 11.5. The van der Waals surface area contributed by atoms with Crippen LogP contribution in [0.2, 0.25) is 0 Å². The number of likely N-dealkylation sites (N-methyl/N-ethyl adjacent to an activating group) is 1. The third kappa shape index (κ3) is 3.93. The van der Waals surface area contributed by atoms with Crippen molar-refractivity contribution in [3.8, 4) is 11.5 Å². The number of carbonyl (C=O) groups is 1. The average Bonchev–Trinajstić information content (AvgIpc) is 2.46. The van der Waals surface area contributed by atoms with Crippen LogP contribution in [0.3, 0.4) is 0 Å². The zero-order valence-corrected chi connectivity index (χ0v) is 11.8. The van der Waals surface area contributed by atoms with Gasteiger partial charge in [0.05, 0.1) is 6.04 Å². The second kappa shape index (κ2) is 6.87. The van der Waals surface area contributed by atoms with Gasteiger partial charge in [-0.2, -0.15) is 0 Å². The van der Waals surface area contributed by atoms with Crippen LogP contribution in [0, 0.1) is 0 Å². The lowest BCUT2D eigenvalue weighted by atomic mass is 10.0. The van der Waals surface area contributed by atoms with Gasteiger partial charge < -0.3 is 10.1 Å². The van der Waals surface area contributed by atoms with Gasteiger partial charge in [0, 0.05) is 0 Å². The summed E-state index contributed by atoms with van der Waals surface area (Å²) >= 11 is 0. The third-order valence-corrected chi connectivity index (χ3v) is 3.16. The van der Waals surface area contributed by atoms with Gasteiger partial charge in [0.25, 0.3) is 0 Å². The van der Waals surface area contributed by atoms with Gasteiger partial charge in [-0.1, -0.05) is 30.3 Å². The molecule has 1 N–H and O–H groups in total. The molecule has 104 valence electrons. The van der Waals surface area contributed by atoms with Crippen LogP contribution in [-0.4, -0.2) is 18.9 Å². The summed E-state index contributed by atoms with van der Waals surface area (Å²) in [5.74, 6) is 1.73. The Morgan fingerprint density at radius 2 is 1.80 bits per heavy atom. The minimum Gasteiger partial charge on any atom is -0.457 e. The van der Waals surface area contributed by atoms with E-state index in [1.54, 1.807) is 14.0 Å². The number of benzene rings is 2. The molecule has 0 radical (unpaired) electrons. The summed E-state index contributed by atoms with van der Waals surface area (Å²) in [6.07, 6.45) is 0.665.